The average Bonchev–Trinajstić information content (AvgIpc) is 2.62. The second-order valence-electron chi connectivity index (χ2n) is 3.54. The minimum atomic E-state index is 0.388. The maximum atomic E-state index is 5.46. The number of hydrogen-bond donors (Lipinski definition) is 1. The molecule has 0 saturated heterocycles. The van der Waals surface area contributed by atoms with Crippen LogP contribution >= 0.6 is 11.5 Å². The van der Waals surface area contributed by atoms with Gasteiger partial charge in [0.2, 0.25) is 5.95 Å². The summed E-state index contributed by atoms with van der Waals surface area (Å²) < 4.78 is 3.95. The molecular formula is C11H13N3S. The first kappa shape index (κ1) is 10.1. The van der Waals surface area contributed by atoms with Crippen molar-refractivity contribution in [1.29, 1.82) is 0 Å². The third-order valence-corrected chi connectivity index (χ3v) is 2.98. The highest BCUT2D eigenvalue weighted by atomic mass is 32.1. The first-order valence-corrected chi connectivity index (χ1v) is 5.65. The van der Waals surface area contributed by atoms with Crippen molar-refractivity contribution in [2.24, 2.45) is 0 Å². The Labute approximate surface area is 93.1 Å². The minimum Gasteiger partial charge on any atom is -0.367 e. The van der Waals surface area contributed by atoms with Crippen molar-refractivity contribution in [1.82, 2.24) is 9.36 Å². The van der Waals surface area contributed by atoms with Crippen molar-refractivity contribution in [2.45, 2.75) is 19.8 Å². The minimum absolute atomic E-state index is 0.388. The van der Waals surface area contributed by atoms with E-state index in [-0.39, 0.29) is 0 Å². The number of nitrogen functional groups attached to an aromatic ring is 1. The Kier molecular flexibility index (Phi) is 2.97. The number of benzene rings is 1. The van der Waals surface area contributed by atoms with Gasteiger partial charge in [0.15, 0.2) is 0 Å². The SMILES string of the molecule is Cc1cccc(CCc2nc(N)ns2)c1. The molecule has 0 fully saturated rings. The number of aromatic nitrogens is 2. The highest BCUT2D eigenvalue weighted by Gasteiger charge is 2.01. The van der Waals surface area contributed by atoms with Gasteiger partial charge in [-0.05, 0) is 30.4 Å². The molecule has 4 heteroatoms. The quantitative estimate of drug-likeness (QED) is 0.861. The maximum absolute atomic E-state index is 5.46. The van der Waals surface area contributed by atoms with Crippen LogP contribution in [0.4, 0.5) is 5.95 Å². The van der Waals surface area contributed by atoms with Crippen molar-refractivity contribution in [3.8, 4) is 0 Å². The first-order valence-electron chi connectivity index (χ1n) is 4.87. The highest BCUT2D eigenvalue weighted by Crippen LogP contribution is 2.11. The average molecular weight is 219 g/mol. The summed E-state index contributed by atoms with van der Waals surface area (Å²) >= 11 is 1.39. The van der Waals surface area contributed by atoms with Crippen molar-refractivity contribution >= 4 is 17.5 Å². The molecule has 0 amide bonds. The van der Waals surface area contributed by atoms with E-state index in [1.807, 2.05) is 0 Å². The normalized spacial score (nSPS) is 10.5. The standard InChI is InChI=1S/C11H13N3S/c1-8-3-2-4-9(7-8)5-6-10-13-11(12)14-15-10/h2-4,7H,5-6H2,1H3,(H2,12,14). The van der Waals surface area contributed by atoms with E-state index in [9.17, 15) is 0 Å². The third kappa shape index (κ3) is 2.76. The van der Waals surface area contributed by atoms with Crippen LogP contribution in [-0.4, -0.2) is 9.36 Å². The summed E-state index contributed by atoms with van der Waals surface area (Å²) in [7, 11) is 0. The van der Waals surface area contributed by atoms with Crippen LogP contribution in [0, 0.1) is 6.92 Å². The molecule has 0 unspecified atom stereocenters. The fourth-order valence-corrected chi connectivity index (χ4v) is 2.06. The van der Waals surface area contributed by atoms with Gasteiger partial charge in [-0.3, -0.25) is 0 Å². The molecule has 1 aromatic heterocycles. The number of hydrogen-bond acceptors (Lipinski definition) is 4. The summed E-state index contributed by atoms with van der Waals surface area (Å²) in [6.45, 7) is 2.10. The predicted octanol–water partition coefficient (Wildman–Crippen LogP) is 2.21. The fraction of sp³-hybridized carbons (Fsp3) is 0.273. The lowest BCUT2D eigenvalue weighted by molar-refractivity contribution is 0.943. The number of aryl methyl sites for hydroxylation is 3. The van der Waals surface area contributed by atoms with Gasteiger partial charge in [0.25, 0.3) is 0 Å². The molecule has 3 nitrogen and oxygen atoms in total. The lowest BCUT2D eigenvalue weighted by Crippen LogP contribution is -1.92. The van der Waals surface area contributed by atoms with Crippen LogP contribution < -0.4 is 5.73 Å². The summed E-state index contributed by atoms with van der Waals surface area (Å²) in [5, 5.41) is 1.01. The van der Waals surface area contributed by atoms with Crippen LogP contribution in [0.15, 0.2) is 24.3 Å². The molecule has 2 aromatic rings. The third-order valence-electron chi connectivity index (χ3n) is 2.19. The maximum Gasteiger partial charge on any atom is 0.232 e. The fourth-order valence-electron chi connectivity index (χ4n) is 1.49. The van der Waals surface area contributed by atoms with Crippen LogP contribution in [0.5, 0.6) is 0 Å². The van der Waals surface area contributed by atoms with Crippen LogP contribution in [0.25, 0.3) is 0 Å². The van der Waals surface area contributed by atoms with E-state index >= 15 is 0 Å². The van der Waals surface area contributed by atoms with Gasteiger partial charge in [0, 0.05) is 6.42 Å². The van der Waals surface area contributed by atoms with Crippen LogP contribution in [0.1, 0.15) is 16.1 Å². The monoisotopic (exact) mass is 219 g/mol. The molecule has 0 atom stereocenters. The molecule has 0 saturated carbocycles. The first-order chi connectivity index (χ1) is 7.24. The topological polar surface area (TPSA) is 51.8 Å². The summed E-state index contributed by atoms with van der Waals surface area (Å²) in [4.78, 5) is 4.13. The van der Waals surface area contributed by atoms with Gasteiger partial charge in [0.05, 0.1) is 0 Å². The Morgan fingerprint density at radius 1 is 1.33 bits per heavy atom. The van der Waals surface area contributed by atoms with Gasteiger partial charge < -0.3 is 5.73 Å². The Morgan fingerprint density at radius 2 is 2.20 bits per heavy atom. The number of anilines is 1. The molecule has 1 aromatic carbocycles. The van der Waals surface area contributed by atoms with Crippen molar-refractivity contribution in [3.05, 3.63) is 40.4 Å². The van der Waals surface area contributed by atoms with Crippen molar-refractivity contribution < 1.29 is 0 Å². The lowest BCUT2D eigenvalue weighted by atomic mass is 10.1. The molecule has 0 spiro atoms. The van der Waals surface area contributed by atoms with Gasteiger partial charge in [0.1, 0.15) is 5.01 Å². The molecule has 2 N–H and O–H groups in total. The molecule has 0 aliphatic carbocycles. The zero-order chi connectivity index (χ0) is 10.7. The molecule has 78 valence electrons. The zero-order valence-corrected chi connectivity index (χ0v) is 9.42. The van der Waals surface area contributed by atoms with Crippen LogP contribution in [0.2, 0.25) is 0 Å². The number of rotatable bonds is 3. The smallest absolute Gasteiger partial charge is 0.232 e. The Bertz CT molecular complexity index is 451. The molecule has 0 aliphatic heterocycles. The second-order valence-corrected chi connectivity index (χ2v) is 4.37. The van der Waals surface area contributed by atoms with E-state index in [4.69, 9.17) is 5.73 Å². The number of nitrogens with two attached hydrogens (primary N) is 1. The lowest BCUT2D eigenvalue weighted by Gasteiger charge is -1.99. The summed E-state index contributed by atoms with van der Waals surface area (Å²) in [5.41, 5.74) is 8.09. The van der Waals surface area contributed by atoms with Gasteiger partial charge in [-0.25, -0.2) is 4.98 Å². The molecular weight excluding hydrogens is 206 g/mol. The van der Waals surface area contributed by atoms with E-state index in [1.165, 1.54) is 22.7 Å². The van der Waals surface area contributed by atoms with Crippen LogP contribution in [-0.2, 0) is 12.8 Å². The van der Waals surface area contributed by atoms with E-state index in [1.54, 1.807) is 0 Å². The van der Waals surface area contributed by atoms with Crippen molar-refractivity contribution in [2.75, 3.05) is 5.73 Å². The van der Waals surface area contributed by atoms with Crippen molar-refractivity contribution in [3.63, 3.8) is 0 Å². The highest BCUT2D eigenvalue weighted by molar-refractivity contribution is 7.05. The van der Waals surface area contributed by atoms with Gasteiger partial charge in [-0.15, -0.1) is 0 Å². The zero-order valence-electron chi connectivity index (χ0n) is 8.60. The van der Waals surface area contributed by atoms with E-state index in [0.29, 0.717) is 5.95 Å². The Morgan fingerprint density at radius 3 is 2.87 bits per heavy atom. The molecule has 0 radical (unpaired) electrons. The van der Waals surface area contributed by atoms with Gasteiger partial charge >= 0.3 is 0 Å². The van der Waals surface area contributed by atoms with E-state index in [2.05, 4.69) is 40.5 Å². The Hall–Kier alpha value is -1.42. The largest absolute Gasteiger partial charge is 0.367 e. The predicted molar refractivity (Wildman–Crippen MR) is 62.9 cm³/mol. The van der Waals surface area contributed by atoms with E-state index < -0.39 is 0 Å². The summed E-state index contributed by atoms with van der Waals surface area (Å²) in [6.07, 6.45) is 1.91. The molecule has 1 heterocycles. The van der Waals surface area contributed by atoms with Gasteiger partial charge in [-0.2, -0.15) is 4.37 Å². The summed E-state index contributed by atoms with van der Waals surface area (Å²) in [5.74, 6) is 0.388. The Balaban J connectivity index is 1.99. The summed E-state index contributed by atoms with van der Waals surface area (Å²) in [6, 6.07) is 8.52. The van der Waals surface area contributed by atoms with Crippen LogP contribution in [0.3, 0.4) is 0 Å². The number of nitrogens with zero attached hydrogens (tertiary/aromatic N) is 2. The molecule has 0 bridgehead atoms. The van der Waals surface area contributed by atoms with E-state index in [0.717, 1.165) is 17.8 Å². The molecule has 15 heavy (non-hydrogen) atoms. The molecule has 2 rings (SSSR count). The van der Waals surface area contributed by atoms with Gasteiger partial charge in [-0.1, -0.05) is 29.8 Å². The molecule has 0 aliphatic rings. The second kappa shape index (κ2) is 4.40.